The van der Waals surface area contributed by atoms with Crippen LogP contribution < -0.4 is 26.8 Å². The van der Waals surface area contributed by atoms with Crippen LogP contribution in [0.5, 0.6) is 0 Å². The Morgan fingerprint density at radius 1 is 0.962 bits per heavy atom. The van der Waals surface area contributed by atoms with Gasteiger partial charge < -0.3 is 15.4 Å². The highest BCUT2D eigenvalue weighted by molar-refractivity contribution is 6.09. The van der Waals surface area contributed by atoms with Crippen molar-refractivity contribution in [1.82, 2.24) is 26.4 Å². The van der Waals surface area contributed by atoms with E-state index in [-0.39, 0.29) is 0 Å². The average Bonchev–Trinajstić information content (AvgIpc) is 3.31. The van der Waals surface area contributed by atoms with Gasteiger partial charge in [0.25, 0.3) is 0 Å². The third-order valence-corrected chi connectivity index (χ3v) is 4.88. The molecule has 3 aromatic rings. The molecular weight excluding hydrogens is 324 g/mol. The van der Waals surface area contributed by atoms with Crippen molar-refractivity contribution in [2.45, 2.75) is 13.5 Å². The molecule has 0 bridgehead atoms. The van der Waals surface area contributed by atoms with E-state index in [0.29, 0.717) is 0 Å². The highest BCUT2D eigenvalue weighted by atomic mass is 15.7. The number of hydrogen-bond donors (Lipinski definition) is 4. The van der Waals surface area contributed by atoms with E-state index in [1.165, 1.54) is 21.8 Å². The monoisotopic (exact) mass is 344 g/mol. The van der Waals surface area contributed by atoms with E-state index in [1.807, 2.05) is 29.6 Å². The highest BCUT2D eigenvalue weighted by Crippen LogP contribution is 2.33. The molecule has 0 amide bonds. The first-order valence-electron chi connectivity index (χ1n) is 8.78. The van der Waals surface area contributed by atoms with Crippen LogP contribution in [-0.4, -0.2) is 4.57 Å². The number of benzene rings is 2. The summed E-state index contributed by atoms with van der Waals surface area (Å²) in [4.78, 5) is 0. The number of para-hydroxylation sites is 1. The van der Waals surface area contributed by atoms with Gasteiger partial charge in [-0.05, 0) is 43.3 Å². The van der Waals surface area contributed by atoms with E-state index < -0.39 is 0 Å². The summed E-state index contributed by atoms with van der Waals surface area (Å²) in [5.41, 5.74) is 18.1. The quantitative estimate of drug-likeness (QED) is 0.589. The van der Waals surface area contributed by atoms with Gasteiger partial charge in [0.05, 0.1) is 11.4 Å². The molecule has 0 fully saturated rings. The maximum absolute atomic E-state index is 3.21. The van der Waals surface area contributed by atoms with Crippen LogP contribution in [0.3, 0.4) is 0 Å². The van der Waals surface area contributed by atoms with Gasteiger partial charge in [-0.15, -0.1) is 5.53 Å². The second-order valence-electron chi connectivity index (χ2n) is 6.29. The molecular formula is C20H20N6. The first-order valence-corrected chi connectivity index (χ1v) is 8.78. The normalized spacial score (nSPS) is 16.3. The molecule has 0 radical (unpaired) electrons. The van der Waals surface area contributed by atoms with E-state index in [0.717, 1.165) is 23.6 Å². The number of aromatic nitrogens is 1. The lowest BCUT2D eigenvalue weighted by Gasteiger charge is -2.24. The fourth-order valence-electron chi connectivity index (χ4n) is 3.72. The van der Waals surface area contributed by atoms with Crippen molar-refractivity contribution >= 4 is 27.5 Å². The number of hydrogen-bond acceptors (Lipinski definition) is 5. The number of nitrogens with one attached hydrogen (secondary N) is 4. The number of aryl methyl sites for hydroxylation is 1. The van der Waals surface area contributed by atoms with Gasteiger partial charge in [0.2, 0.25) is 0 Å². The zero-order valence-corrected chi connectivity index (χ0v) is 14.5. The first-order chi connectivity index (χ1) is 12.9. The van der Waals surface area contributed by atoms with E-state index in [2.05, 4.69) is 75.8 Å². The third-order valence-electron chi connectivity index (χ3n) is 4.88. The van der Waals surface area contributed by atoms with Gasteiger partial charge in [-0.3, -0.25) is 10.4 Å². The van der Waals surface area contributed by atoms with E-state index >= 15 is 0 Å². The molecule has 6 nitrogen and oxygen atoms in total. The second kappa shape index (κ2) is 5.86. The molecule has 2 aliphatic rings. The Kier molecular flexibility index (Phi) is 3.36. The summed E-state index contributed by atoms with van der Waals surface area (Å²) in [5.74, 6) is 0. The van der Waals surface area contributed by atoms with Gasteiger partial charge >= 0.3 is 0 Å². The predicted octanol–water partition coefficient (Wildman–Crippen LogP) is 2.99. The van der Waals surface area contributed by atoms with Gasteiger partial charge in [-0.25, -0.2) is 0 Å². The van der Waals surface area contributed by atoms with Crippen LogP contribution in [0.1, 0.15) is 6.92 Å². The van der Waals surface area contributed by atoms with Crippen LogP contribution >= 0.6 is 0 Å². The molecule has 0 unspecified atom stereocenters. The Balaban J connectivity index is 1.64. The lowest BCUT2D eigenvalue weighted by atomic mass is 10.1. The number of fused-ring (bicyclic) bond motifs is 3. The molecule has 0 aliphatic carbocycles. The second-order valence-corrected chi connectivity index (χ2v) is 6.29. The standard InChI is InChI=1S/C20H20N6/c1-2-25-18-8-4-3-6-15(18)16-12-14(9-10-19(16)25)26-20(13-22-24-26)17-7-5-11-21-23-17/h3-13,21-24H,2H2,1H3. The Hall–Kier alpha value is -3.38. The average molecular weight is 344 g/mol. The van der Waals surface area contributed by atoms with Crippen molar-refractivity contribution in [3.05, 3.63) is 78.4 Å². The SMILES string of the molecule is CCn1c2ccccc2c2cc(N3NNC=C3C3=CC=CNN3)ccc21. The largest absolute Gasteiger partial charge is 0.341 e. The van der Waals surface area contributed by atoms with Gasteiger partial charge in [-0.2, -0.15) is 0 Å². The van der Waals surface area contributed by atoms with Crippen LogP contribution in [0.15, 0.2) is 78.4 Å². The number of rotatable bonds is 3. The van der Waals surface area contributed by atoms with Crippen molar-refractivity contribution in [2.24, 2.45) is 0 Å². The van der Waals surface area contributed by atoms with Crippen molar-refractivity contribution < 1.29 is 0 Å². The smallest absolute Gasteiger partial charge is 0.102 e. The molecule has 0 saturated carbocycles. The summed E-state index contributed by atoms with van der Waals surface area (Å²) in [7, 11) is 0. The minimum absolute atomic E-state index is 0.951. The van der Waals surface area contributed by atoms with Gasteiger partial charge in [0.1, 0.15) is 5.70 Å². The maximum atomic E-state index is 3.21. The molecule has 26 heavy (non-hydrogen) atoms. The lowest BCUT2D eigenvalue weighted by molar-refractivity contribution is 0.658. The van der Waals surface area contributed by atoms with Gasteiger partial charge in [0, 0.05) is 40.8 Å². The van der Waals surface area contributed by atoms with Crippen LogP contribution in [0.2, 0.25) is 0 Å². The maximum Gasteiger partial charge on any atom is 0.102 e. The summed E-state index contributed by atoms with van der Waals surface area (Å²) in [5, 5.41) is 4.58. The Morgan fingerprint density at radius 2 is 1.85 bits per heavy atom. The zero-order chi connectivity index (χ0) is 17.5. The Bertz CT molecular complexity index is 1090. The number of anilines is 1. The van der Waals surface area contributed by atoms with E-state index in [9.17, 15) is 0 Å². The molecule has 3 heterocycles. The number of nitrogens with zero attached hydrogens (tertiary/aromatic N) is 2. The predicted molar refractivity (Wildman–Crippen MR) is 105 cm³/mol. The van der Waals surface area contributed by atoms with Crippen LogP contribution in [0.4, 0.5) is 5.69 Å². The summed E-state index contributed by atoms with van der Waals surface area (Å²) in [6.45, 7) is 3.14. The molecule has 0 saturated heterocycles. The van der Waals surface area contributed by atoms with Crippen LogP contribution in [-0.2, 0) is 6.54 Å². The van der Waals surface area contributed by atoms with Crippen LogP contribution in [0, 0.1) is 0 Å². The summed E-state index contributed by atoms with van der Waals surface area (Å²) < 4.78 is 2.36. The van der Waals surface area contributed by atoms with Crippen molar-refractivity contribution in [2.75, 3.05) is 5.01 Å². The molecule has 5 rings (SSSR count). The molecule has 2 aliphatic heterocycles. The topological polar surface area (TPSA) is 56.3 Å². The van der Waals surface area contributed by atoms with E-state index in [4.69, 9.17) is 0 Å². The van der Waals surface area contributed by atoms with Crippen LogP contribution in [0.25, 0.3) is 21.8 Å². The fraction of sp³-hybridized carbons (Fsp3) is 0.100. The number of hydrazine groups is 3. The first kappa shape index (κ1) is 14.9. The zero-order valence-electron chi connectivity index (χ0n) is 14.5. The minimum atomic E-state index is 0.951. The molecule has 130 valence electrons. The molecule has 1 aromatic heterocycles. The highest BCUT2D eigenvalue weighted by Gasteiger charge is 2.22. The van der Waals surface area contributed by atoms with Gasteiger partial charge in [-0.1, -0.05) is 18.2 Å². The molecule has 0 atom stereocenters. The minimum Gasteiger partial charge on any atom is -0.341 e. The number of allylic oxidation sites excluding steroid dienone is 2. The molecule has 0 spiro atoms. The van der Waals surface area contributed by atoms with E-state index in [1.54, 1.807) is 0 Å². The molecule has 2 aromatic carbocycles. The fourth-order valence-corrected chi connectivity index (χ4v) is 3.72. The Morgan fingerprint density at radius 3 is 2.69 bits per heavy atom. The van der Waals surface area contributed by atoms with Crippen molar-refractivity contribution in [3.8, 4) is 0 Å². The lowest BCUT2D eigenvalue weighted by Crippen LogP contribution is -2.40. The summed E-state index contributed by atoms with van der Waals surface area (Å²) >= 11 is 0. The molecule has 4 N–H and O–H groups in total. The molecule has 6 heteroatoms. The third kappa shape index (κ3) is 2.16. The van der Waals surface area contributed by atoms with Crippen molar-refractivity contribution in [3.63, 3.8) is 0 Å². The summed E-state index contributed by atoms with van der Waals surface area (Å²) in [6, 6.07) is 15.2. The summed E-state index contributed by atoms with van der Waals surface area (Å²) in [6.07, 6.45) is 7.81. The Labute approximate surface area is 151 Å². The van der Waals surface area contributed by atoms with Crippen molar-refractivity contribution in [1.29, 1.82) is 0 Å². The van der Waals surface area contributed by atoms with Gasteiger partial charge in [0.15, 0.2) is 0 Å².